The van der Waals surface area contributed by atoms with Gasteiger partial charge in [0.05, 0.1) is 98.6 Å². The van der Waals surface area contributed by atoms with Gasteiger partial charge >= 0.3 is 11.9 Å². The van der Waals surface area contributed by atoms with Gasteiger partial charge in [-0.25, -0.2) is 0 Å². The van der Waals surface area contributed by atoms with Gasteiger partial charge in [-0.15, -0.1) is 0 Å². The first kappa shape index (κ1) is 64.7. The van der Waals surface area contributed by atoms with E-state index in [4.69, 9.17) is 18.9 Å². The molecule has 4 aliphatic heterocycles. The molecule has 1 aromatic carbocycles. The Morgan fingerprint density at radius 1 is 0.671 bits per heavy atom. The van der Waals surface area contributed by atoms with Crippen LogP contribution in [0.4, 0.5) is 0 Å². The third-order valence-electron chi connectivity index (χ3n) is 14.8. The topological polar surface area (TPSA) is 343 Å². The van der Waals surface area contributed by atoms with Crippen LogP contribution in [-0.2, 0) is 44.7 Å². The number of aliphatic hydroxyl groups excluding tert-OH is 9. The summed E-state index contributed by atoms with van der Waals surface area (Å²) in [5.74, 6) is -8.12. The number of cyclic esters (lactones) is 1. The molecule has 1 unspecified atom stereocenters. The summed E-state index contributed by atoms with van der Waals surface area (Å²) in [5, 5.41) is 124. The second-order valence-electron chi connectivity index (χ2n) is 21.2. The number of nitrogens with one attached hydrogen (secondary N) is 1. The number of hydrogen-bond acceptors (Lipinski definition) is 19. The largest absolute Gasteiger partial charge is 0.481 e. The number of fused-ring (bicyclic) bond motifs is 2. The number of amides is 2. The minimum absolute atomic E-state index is 0.0172. The smallest absolute Gasteiger partial charge is 0.311 e. The second-order valence-corrected chi connectivity index (χ2v) is 21.2. The maximum atomic E-state index is 13.6. The highest BCUT2D eigenvalue weighted by atomic mass is 16.7. The molecule has 4 heterocycles. The number of allylic oxidation sites excluding steroid dienone is 12. The molecule has 2 bridgehead atoms. The van der Waals surface area contributed by atoms with E-state index in [1.54, 1.807) is 117 Å². The van der Waals surface area contributed by atoms with Crippen LogP contribution in [0, 0.1) is 17.8 Å². The summed E-state index contributed by atoms with van der Waals surface area (Å²) in [6, 6.07) is 6.48. The summed E-state index contributed by atoms with van der Waals surface area (Å²) in [6.07, 6.45) is 1.34. The number of hydrogen-bond donors (Lipinski definition) is 12. The molecule has 3 fully saturated rings. The van der Waals surface area contributed by atoms with Gasteiger partial charge in [0.1, 0.15) is 18.1 Å². The molecule has 3 saturated heterocycles. The van der Waals surface area contributed by atoms with Gasteiger partial charge in [0, 0.05) is 37.5 Å². The van der Waals surface area contributed by atoms with Crippen LogP contribution in [0.3, 0.4) is 0 Å². The van der Waals surface area contributed by atoms with E-state index in [1.165, 1.54) is 13.0 Å². The summed E-state index contributed by atoms with van der Waals surface area (Å²) in [5.41, 5.74) is 0.717. The number of ether oxygens (including phenoxy) is 4. The number of benzene rings is 1. The van der Waals surface area contributed by atoms with Crippen molar-refractivity contribution < 1.29 is 94.3 Å². The van der Waals surface area contributed by atoms with Crippen LogP contribution < -0.4 is 5.32 Å². The molecule has 20 atom stereocenters. The van der Waals surface area contributed by atoms with Crippen LogP contribution in [0.15, 0.2) is 115 Å². The Bertz CT molecular complexity index is 2320. The summed E-state index contributed by atoms with van der Waals surface area (Å²) in [4.78, 5) is 53.2. The summed E-state index contributed by atoms with van der Waals surface area (Å²) >= 11 is 0. The van der Waals surface area contributed by atoms with E-state index in [0.717, 1.165) is 10.5 Å². The molecule has 21 heteroatoms. The van der Waals surface area contributed by atoms with Crippen LogP contribution in [0.25, 0.3) is 0 Å². The van der Waals surface area contributed by atoms with E-state index in [0.29, 0.717) is 0 Å². The Hall–Kier alpha value is -5.08. The molecule has 0 aromatic heterocycles. The molecule has 79 heavy (non-hydrogen) atoms. The molecular formula is C58H82N2O19. The number of nitrogens with zero attached hydrogens (tertiary/aromatic N) is 1. The van der Waals surface area contributed by atoms with Crippen molar-refractivity contribution in [3.63, 3.8) is 0 Å². The molecule has 5 rings (SSSR count). The van der Waals surface area contributed by atoms with Gasteiger partial charge in [-0.05, 0) is 38.7 Å². The van der Waals surface area contributed by atoms with E-state index in [1.807, 2.05) is 13.0 Å². The van der Waals surface area contributed by atoms with E-state index in [-0.39, 0.29) is 38.1 Å². The predicted octanol–water partition coefficient (Wildman–Crippen LogP) is 1.67. The molecule has 0 aliphatic carbocycles. The van der Waals surface area contributed by atoms with E-state index >= 15 is 0 Å². The Labute approximate surface area is 461 Å². The lowest BCUT2D eigenvalue weighted by molar-refractivity contribution is -0.309. The molecule has 21 nitrogen and oxygen atoms in total. The normalized spacial score (nSPS) is 41.5. The number of carbonyl (C=O) groups excluding carboxylic acids is 3. The van der Waals surface area contributed by atoms with Gasteiger partial charge in [0.25, 0.3) is 0 Å². The Morgan fingerprint density at radius 2 is 1.28 bits per heavy atom. The van der Waals surface area contributed by atoms with Crippen molar-refractivity contribution in [2.45, 2.75) is 196 Å². The van der Waals surface area contributed by atoms with E-state index < -0.39 is 171 Å². The maximum absolute atomic E-state index is 13.6. The highest BCUT2D eigenvalue weighted by Gasteiger charge is 2.52. The van der Waals surface area contributed by atoms with E-state index in [2.05, 4.69) is 5.32 Å². The monoisotopic (exact) mass is 1110 g/mol. The fraction of sp³-hybridized carbons (Fsp3) is 0.586. The summed E-state index contributed by atoms with van der Waals surface area (Å²) in [7, 11) is 0. The fourth-order valence-corrected chi connectivity index (χ4v) is 10.1. The molecule has 4 aliphatic rings. The molecular weight excluding hydrogens is 1030 g/mol. The van der Waals surface area contributed by atoms with Crippen molar-refractivity contribution in [1.82, 2.24) is 10.2 Å². The lowest BCUT2D eigenvalue weighted by Crippen LogP contribution is -2.65. The average Bonchev–Trinajstić information content (AvgIpc) is 3.64. The number of aliphatic hydroxyl groups is 10. The van der Waals surface area contributed by atoms with Crippen LogP contribution in [0.5, 0.6) is 0 Å². The third-order valence-corrected chi connectivity index (χ3v) is 14.8. The molecule has 0 saturated carbocycles. The average molecular weight is 1110 g/mol. The van der Waals surface area contributed by atoms with Crippen molar-refractivity contribution in [2.24, 2.45) is 17.8 Å². The van der Waals surface area contributed by atoms with Gasteiger partial charge in [0.2, 0.25) is 11.8 Å². The highest BCUT2D eigenvalue weighted by Crippen LogP contribution is 2.38. The lowest BCUT2D eigenvalue weighted by Gasteiger charge is -2.45. The maximum Gasteiger partial charge on any atom is 0.311 e. The van der Waals surface area contributed by atoms with Crippen LogP contribution in [0.1, 0.15) is 91.0 Å². The van der Waals surface area contributed by atoms with Crippen molar-refractivity contribution in [3.05, 3.63) is 121 Å². The quantitative estimate of drug-likeness (QED) is 0.136. The molecule has 0 radical (unpaired) electrons. The summed E-state index contributed by atoms with van der Waals surface area (Å²) in [6.45, 7) is 6.71. The Balaban J connectivity index is 1.37. The first-order chi connectivity index (χ1) is 37.5. The van der Waals surface area contributed by atoms with E-state index in [9.17, 15) is 75.3 Å². The number of carboxylic acids is 1. The molecule has 12 N–H and O–H groups in total. The van der Waals surface area contributed by atoms with Gasteiger partial charge in [0.15, 0.2) is 12.1 Å². The van der Waals surface area contributed by atoms with Crippen molar-refractivity contribution >= 4 is 23.8 Å². The number of likely N-dealkylation sites (tertiary alicyclic amines) is 1. The zero-order chi connectivity index (χ0) is 58.0. The predicted molar refractivity (Wildman–Crippen MR) is 286 cm³/mol. The zero-order valence-corrected chi connectivity index (χ0v) is 45.1. The Kier molecular flexibility index (Phi) is 25.6. The van der Waals surface area contributed by atoms with Crippen molar-refractivity contribution in [3.8, 4) is 0 Å². The van der Waals surface area contributed by atoms with Crippen molar-refractivity contribution in [1.29, 1.82) is 0 Å². The standard InChI is InChI=1S/C58H82N2O19/c1-34-20-16-13-11-9-7-5-6-8-10-12-14-19-23-42(78-57-54(71)51(53(70)37(4)77-57)59-43-30-48(67)60(55(43)72)33-38-21-17-15-18-22-38)29-47-50(56(73)74)46(66)32-58(75,79-47)31-41(63)27-45(65)44(64)25-24-39(61)26-40(62)28-49(68)76-36(3)35(2)52(34)69/h5-23,34-37,39-47,50-54,57,59,61-66,69-71,75H,24-33H2,1-4H3,(H,73,74)/b6-5+,9-7+,10-8+,13-11+,14-12+,20-16+,23-19+/t34-,35-,36-,37-,39+,40+,41-,42-,43?,44+,45+,46-,47-,50+,51-,52+,53+,54-,57-,58+/m0/s1. The zero-order valence-electron chi connectivity index (χ0n) is 45.1. The van der Waals surface area contributed by atoms with Crippen molar-refractivity contribution in [2.75, 3.05) is 0 Å². The van der Waals surface area contributed by atoms with Gasteiger partial charge < -0.3 is 75.1 Å². The molecule has 0 spiro atoms. The number of rotatable bonds is 7. The number of carbonyl (C=O) groups is 4. The summed E-state index contributed by atoms with van der Waals surface area (Å²) < 4.78 is 23.8. The minimum Gasteiger partial charge on any atom is -0.481 e. The first-order valence-electron chi connectivity index (χ1n) is 27.0. The van der Waals surface area contributed by atoms with Gasteiger partial charge in [-0.3, -0.25) is 29.4 Å². The lowest BCUT2D eigenvalue weighted by atomic mass is 9.82. The number of aliphatic carboxylic acids is 1. The molecule has 1 aromatic rings. The third kappa shape index (κ3) is 19.9. The van der Waals surface area contributed by atoms with Crippen LogP contribution >= 0.6 is 0 Å². The second kappa shape index (κ2) is 31.2. The molecule has 438 valence electrons. The van der Waals surface area contributed by atoms with Gasteiger partial charge in [-0.2, -0.15) is 0 Å². The van der Waals surface area contributed by atoms with Crippen LogP contribution in [-0.4, -0.2) is 188 Å². The van der Waals surface area contributed by atoms with Crippen LogP contribution in [0.2, 0.25) is 0 Å². The first-order valence-corrected chi connectivity index (χ1v) is 27.0. The van der Waals surface area contributed by atoms with Gasteiger partial charge in [-0.1, -0.05) is 129 Å². The SMILES string of the molecule is C[C@@H]1[C@H](O)[C@@H](C)/C=C/C=C/C=C/C=C/C=C/C=C/C=C/[C@H](O[C@@H]2O[C@@H](C)[C@@H](O)[C@H](NC3CC(=O)N(Cc4ccccc4)C3=O)[C@@H]2O)C[C@@H]2O[C@](O)(C[C@@H](O)C[C@@H](O)[C@H](O)CC[C@@H](O)C[C@@H](O)CC(=O)O[C@H]1C)C[C@H](O)[C@H]2C(=O)O. The number of imide groups is 1. The highest BCUT2D eigenvalue weighted by molar-refractivity contribution is 6.05. The molecule has 2 amide bonds. The number of esters is 1. The number of carboxylic acid groups (broad SMARTS) is 1. The fourth-order valence-electron chi connectivity index (χ4n) is 10.1. The minimum atomic E-state index is -2.40. The Morgan fingerprint density at radius 3 is 1.90 bits per heavy atom.